The molecule has 2 aromatic carbocycles. The smallest absolute Gasteiger partial charge is 0.244 e. The predicted molar refractivity (Wildman–Crippen MR) is 92.3 cm³/mol. The van der Waals surface area contributed by atoms with Crippen molar-refractivity contribution < 1.29 is 9.53 Å². The summed E-state index contributed by atoms with van der Waals surface area (Å²) in [6.45, 7) is 0. The fraction of sp³-hybridized carbons (Fsp3) is 0.250. The van der Waals surface area contributed by atoms with Gasteiger partial charge in [-0.25, -0.2) is 0 Å². The lowest BCUT2D eigenvalue weighted by Gasteiger charge is -2.25. The maximum absolute atomic E-state index is 12.2. The van der Waals surface area contributed by atoms with Crippen molar-refractivity contribution >= 4 is 12.0 Å². The Morgan fingerprint density at radius 1 is 1.17 bits per heavy atom. The molecule has 1 aliphatic rings. The standard InChI is InChI=1S/C20H21NO2/c1-23-17-12-9-15(10-13-17)11-14-20(22)21-19-8-4-6-16-5-2-3-7-18(16)19/h2-3,5,7,9-14,19H,4,6,8H2,1H3,(H,21,22)/b14-11+. The molecule has 1 amide bonds. The highest BCUT2D eigenvalue weighted by atomic mass is 16.5. The Kier molecular flexibility index (Phi) is 4.77. The number of fused-ring (bicyclic) bond motifs is 1. The van der Waals surface area contributed by atoms with Crippen molar-refractivity contribution in [1.29, 1.82) is 0 Å². The average molecular weight is 307 g/mol. The Morgan fingerprint density at radius 3 is 2.74 bits per heavy atom. The lowest BCUT2D eigenvalue weighted by atomic mass is 9.88. The van der Waals surface area contributed by atoms with Gasteiger partial charge in [0.05, 0.1) is 13.2 Å². The molecule has 2 aromatic rings. The van der Waals surface area contributed by atoms with Gasteiger partial charge < -0.3 is 10.1 Å². The van der Waals surface area contributed by atoms with E-state index in [-0.39, 0.29) is 11.9 Å². The van der Waals surface area contributed by atoms with E-state index < -0.39 is 0 Å². The van der Waals surface area contributed by atoms with Crippen LogP contribution in [0.1, 0.15) is 35.6 Å². The van der Waals surface area contributed by atoms with E-state index in [1.165, 1.54) is 11.1 Å². The van der Waals surface area contributed by atoms with Crippen molar-refractivity contribution in [2.45, 2.75) is 25.3 Å². The highest BCUT2D eigenvalue weighted by molar-refractivity contribution is 5.92. The average Bonchev–Trinajstić information content (AvgIpc) is 2.61. The van der Waals surface area contributed by atoms with Crippen LogP contribution in [0.3, 0.4) is 0 Å². The number of carbonyl (C=O) groups excluding carboxylic acids is 1. The summed E-state index contributed by atoms with van der Waals surface area (Å²) in [5.41, 5.74) is 3.58. The number of hydrogen-bond acceptors (Lipinski definition) is 2. The molecule has 1 N–H and O–H groups in total. The molecule has 0 radical (unpaired) electrons. The van der Waals surface area contributed by atoms with Gasteiger partial charge in [0, 0.05) is 6.08 Å². The molecule has 118 valence electrons. The second-order valence-corrected chi connectivity index (χ2v) is 5.76. The lowest BCUT2D eigenvalue weighted by Crippen LogP contribution is -2.29. The van der Waals surface area contributed by atoms with Crippen molar-refractivity contribution in [3.05, 3.63) is 71.3 Å². The molecule has 23 heavy (non-hydrogen) atoms. The number of rotatable bonds is 4. The van der Waals surface area contributed by atoms with Gasteiger partial charge in [0.25, 0.3) is 0 Å². The van der Waals surface area contributed by atoms with Crippen molar-refractivity contribution in [3.63, 3.8) is 0 Å². The lowest BCUT2D eigenvalue weighted by molar-refractivity contribution is -0.117. The predicted octanol–water partition coefficient (Wildman–Crippen LogP) is 3.90. The number of nitrogens with one attached hydrogen (secondary N) is 1. The van der Waals surface area contributed by atoms with Gasteiger partial charge in [0.15, 0.2) is 0 Å². The fourth-order valence-electron chi connectivity index (χ4n) is 3.01. The number of amides is 1. The molecule has 0 aliphatic heterocycles. The fourth-order valence-corrected chi connectivity index (χ4v) is 3.01. The largest absolute Gasteiger partial charge is 0.497 e. The van der Waals surface area contributed by atoms with E-state index in [1.54, 1.807) is 13.2 Å². The molecular formula is C20H21NO2. The normalized spacial score (nSPS) is 16.8. The minimum atomic E-state index is -0.0532. The van der Waals surface area contributed by atoms with E-state index in [9.17, 15) is 4.79 Å². The summed E-state index contributed by atoms with van der Waals surface area (Å²) in [5, 5.41) is 3.12. The van der Waals surface area contributed by atoms with E-state index in [0.29, 0.717) is 0 Å². The maximum atomic E-state index is 12.2. The summed E-state index contributed by atoms with van der Waals surface area (Å²) in [6.07, 6.45) is 6.63. The summed E-state index contributed by atoms with van der Waals surface area (Å²) in [5.74, 6) is 0.757. The molecule has 0 saturated carbocycles. The molecule has 0 saturated heterocycles. The van der Waals surface area contributed by atoms with Gasteiger partial charge in [-0.1, -0.05) is 36.4 Å². The van der Waals surface area contributed by atoms with Crippen LogP contribution in [-0.2, 0) is 11.2 Å². The van der Waals surface area contributed by atoms with Crippen molar-refractivity contribution in [1.82, 2.24) is 5.32 Å². The van der Waals surface area contributed by atoms with Crippen molar-refractivity contribution in [2.75, 3.05) is 7.11 Å². The quantitative estimate of drug-likeness (QED) is 0.870. The highest BCUT2D eigenvalue weighted by Gasteiger charge is 2.20. The molecule has 1 atom stereocenters. The first kappa shape index (κ1) is 15.3. The van der Waals surface area contributed by atoms with Gasteiger partial charge in [-0.15, -0.1) is 0 Å². The number of methoxy groups -OCH3 is 1. The Labute approximate surface area is 137 Å². The van der Waals surface area contributed by atoms with E-state index in [2.05, 4.69) is 23.5 Å². The molecule has 0 aromatic heterocycles. The van der Waals surface area contributed by atoms with E-state index in [0.717, 1.165) is 30.6 Å². The molecule has 1 unspecified atom stereocenters. The first-order valence-corrected chi connectivity index (χ1v) is 7.97. The molecule has 0 spiro atoms. The van der Waals surface area contributed by atoms with Crippen molar-refractivity contribution in [3.8, 4) is 5.75 Å². The Balaban J connectivity index is 1.64. The molecule has 3 rings (SSSR count). The van der Waals surface area contributed by atoms with Crippen LogP contribution >= 0.6 is 0 Å². The van der Waals surface area contributed by atoms with Crippen LogP contribution in [0.4, 0.5) is 0 Å². The van der Waals surface area contributed by atoms with Gasteiger partial charge in [0.1, 0.15) is 5.75 Å². The van der Waals surface area contributed by atoms with Gasteiger partial charge in [-0.2, -0.15) is 0 Å². The minimum absolute atomic E-state index is 0.0532. The summed E-state index contributed by atoms with van der Waals surface area (Å²) in [7, 11) is 1.64. The molecule has 0 fully saturated rings. The topological polar surface area (TPSA) is 38.3 Å². The Hall–Kier alpha value is -2.55. The number of aryl methyl sites for hydroxylation is 1. The number of ether oxygens (including phenoxy) is 1. The number of benzene rings is 2. The van der Waals surface area contributed by atoms with Gasteiger partial charge in [-0.05, 0) is 54.2 Å². The third-order valence-electron chi connectivity index (χ3n) is 4.23. The summed E-state index contributed by atoms with van der Waals surface area (Å²) < 4.78 is 5.13. The van der Waals surface area contributed by atoms with E-state index in [4.69, 9.17) is 4.74 Å². The van der Waals surface area contributed by atoms with Crippen LogP contribution < -0.4 is 10.1 Å². The van der Waals surface area contributed by atoms with Gasteiger partial charge in [0.2, 0.25) is 5.91 Å². The third-order valence-corrected chi connectivity index (χ3v) is 4.23. The van der Waals surface area contributed by atoms with Gasteiger partial charge >= 0.3 is 0 Å². The zero-order valence-electron chi connectivity index (χ0n) is 13.3. The van der Waals surface area contributed by atoms with Crippen LogP contribution in [0.5, 0.6) is 5.75 Å². The molecular weight excluding hydrogens is 286 g/mol. The maximum Gasteiger partial charge on any atom is 0.244 e. The van der Waals surface area contributed by atoms with Crippen LogP contribution in [0, 0.1) is 0 Å². The zero-order chi connectivity index (χ0) is 16.1. The summed E-state index contributed by atoms with van der Waals surface area (Å²) >= 11 is 0. The first-order chi connectivity index (χ1) is 11.3. The number of hydrogen-bond donors (Lipinski definition) is 1. The third kappa shape index (κ3) is 3.81. The minimum Gasteiger partial charge on any atom is -0.497 e. The second kappa shape index (κ2) is 7.14. The van der Waals surface area contributed by atoms with Crippen LogP contribution in [0.2, 0.25) is 0 Å². The Bertz CT molecular complexity index is 704. The second-order valence-electron chi connectivity index (χ2n) is 5.76. The summed E-state index contributed by atoms with van der Waals surface area (Å²) in [4.78, 5) is 12.2. The SMILES string of the molecule is COc1ccc(/C=C/C(=O)NC2CCCc3ccccc32)cc1. The van der Waals surface area contributed by atoms with Crippen LogP contribution in [-0.4, -0.2) is 13.0 Å². The van der Waals surface area contributed by atoms with E-state index in [1.807, 2.05) is 36.4 Å². The molecule has 1 aliphatic carbocycles. The molecule has 3 heteroatoms. The zero-order valence-corrected chi connectivity index (χ0v) is 13.3. The highest BCUT2D eigenvalue weighted by Crippen LogP contribution is 2.29. The Morgan fingerprint density at radius 2 is 1.96 bits per heavy atom. The molecule has 0 heterocycles. The van der Waals surface area contributed by atoms with Crippen molar-refractivity contribution in [2.24, 2.45) is 0 Å². The van der Waals surface area contributed by atoms with Gasteiger partial charge in [-0.3, -0.25) is 4.79 Å². The van der Waals surface area contributed by atoms with Crippen LogP contribution in [0.25, 0.3) is 6.08 Å². The van der Waals surface area contributed by atoms with Crippen LogP contribution in [0.15, 0.2) is 54.6 Å². The molecule has 3 nitrogen and oxygen atoms in total. The summed E-state index contributed by atoms with van der Waals surface area (Å²) in [6, 6.07) is 16.1. The monoisotopic (exact) mass is 307 g/mol. The van der Waals surface area contributed by atoms with E-state index >= 15 is 0 Å². The molecule has 0 bridgehead atoms. The number of carbonyl (C=O) groups is 1. The first-order valence-electron chi connectivity index (χ1n) is 7.97.